The van der Waals surface area contributed by atoms with Crippen LogP contribution >= 0.6 is 0 Å². The molecule has 1 aromatic carbocycles. The van der Waals surface area contributed by atoms with Crippen molar-refractivity contribution in [3.05, 3.63) is 47.2 Å². The van der Waals surface area contributed by atoms with Gasteiger partial charge < -0.3 is 14.5 Å². The zero-order valence-electron chi connectivity index (χ0n) is 16.6. The Balaban J connectivity index is 1.59. The number of amides is 2. The molecule has 0 unspecified atom stereocenters. The number of aliphatic imine (C=N–C) groups is 1. The number of guanidine groups is 1. The third-order valence-corrected chi connectivity index (χ3v) is 5.04. The Morgan fingerprint density at radius 2 is 1.93 bits per heavy atom. The molecule has 7 nitrogen and oxygen atoms in total. The average Bonchev–Trinajstić information content (AvgIpc) is 3.14. The molecular weight excluding hydrogens is 356 g/mol. The Morgan fingerprint density at radius 1 is 1.18 bits per heavy atom. The molecular formula is C21H26N4O3. The minimum Gasteiger partial charge on any atom is -0.444 e. The monoisotopic (exact) mass is 382 g/mol. The molecule has 4 rings (SSSR count). The lowest BCUT2D eigenvalue weighted by Crippen LogP contribution is -2.54. The lowest BCUT2D eigenvalue weighted by molar-refractivity contribution is -0.125. The molecule has 0 fully saturated rings. The highest BCUT2D eigenvalue weighted by Gasteiger charge is 2.42. The number of ether oxygens (including phenoxy) is 1. The average molecular weight is 382 g/mol. The fourth-order valence-corrected chi connectivity index (χ4v) is 3.81. The van der Waals surface area contributed by atoms with Gasteiger partial charge in [-0.1, -0.05) is 30.3 Å². The molecule has 0 radical (unpaired) electrons. The summed E-state index contributed by atoms with van der Waals surface area (Å²) in [6.45, 7) is 8.29. The topological polar surface area (TPSA) is 65.5 Å². The number of fused-ring (bicyclic) bond motifs is 2. The lowest BCUT2D eigenvalue weighted by Gasteiger charge is -2.42. The van der Waals surface area contributed by atoms with Gasteiger partial charge in [-0.3, -0.25) is 14.7 Å². The summed E-state index contributed by atoms with van der Waals surface area (Å²) >= 11 is 0. The zero-order valence-corrected chi connectivity index (χ0v) is 16.6. The van der Waals surface area contributed by atoms with E-state index in [0.29, 0.717) is 31.6 Å². The molecule has 0 bridgehead atoms. The Kier molecular flexibility index (Phi) is 4.61. The second-order valence-electron chi connectivity index (χ2n) is 8.29. The Bertz CT molecular complexity index is 854. The summed E-state index contributed by atoms with van der Waals surface area (Å²) in [4.78, 5) is 36.0. The van der Waals surface area contributed by atoms with Crippen LogP contribution in [0.3, 0.4) is 0 Å². The highest BCUT2D eigenvalue weighted by atomic mass is 16.6. The van der Waals surface area contributed by atoms with Gasteiger partial charge in [0.25, 0.3) is 5.91 Å². The van der Waals surface area contributed by atoms with Gasteiger partial charge in [0.15, 0.2) is 0 Å². The second-order valence-corrected chi connectivity index (χ2v) is 8.29. The van der Waals surface area contributed by atoms with Gasteiger partial charge in [0.05, 0.1) is 25.2 Å². The molecule has 2 amide bonds. The van der Waals surface area contributed by atoms with Crippen molar-refractivity contribution in [2.24, 2.45) is 4.99 Å². The van der Waals surface area contributed by atoms with Crippen LogP contribution in [0.4, 0.5) is 4.79 Å². The maximum Gasteiger partial charge on any atom is 0.410 e. The molecule has 0 N–H and O–H groups in total. The minimum absolute atomic E-state index is 0.0657. The summed E-state index contributed by atoms with van der Waals surface area (Å²) in [7, 11) is 0. The normalized spacial score (nSPS) is 19.5. The molecule has 0 atom stereocenters. The first kappa shape index (κ1) is 18.5. The van der Waals surface area contributed by atoms with E-state index in [-0.39, 0.29) is 18.5 Å². The van der Waals surface area contributed by atoms with Gasteiger partial charge in [-0.2, -0.15) is 0 Å². The second kappa shape index (κ2) is 6.96. The van der Waals surface area contributed by atoms with Crippen LogP contribution in [0.15, 0.2) is 46.6 Å². The van der Waals surface area contributed by atoms with Gasteiger partial charge in [0.2, 0.25) is 5.96 Å². The van der Waals surface area contributed by atoms with Crippen molar-refractivity contribution in [1.82, 2.24) is 14.7 Å². The molecule has 0 spiro atoms. The number of hydrogen-bond donors (Lipinski definition) is 0. The van der Waals surface area contributed by atoms with Crippen LogP contribution in [0.5, 0.6) is 0 Å². The van der Waals surface area contributed by atoms with Crippen LogP contribution < -0.4 is 0 Å². The van der Waals surface area contributed by atoms with Crippen LogP contribution in [0.2, 0.25) is 0 Å². The van der Waals surface area contributed by atoms with Crippen molar-refractivity contribution >= 4 is 18.0 Å². The molecule has 0 saturated heterocycles. The van der Waals surface area contributed by atoms with E-state index in [1.54, 1.807) is 9.80 Å². The van der Waals surface area contributed by atoms with Crippen LogP contribution in [0.1, 0.15) is 32.8 Å². The van der Waals surface area contributed by atoms with Crippen molar-refractivity contribution in [1.29, 1.82) is 0 Å². The summed E-state index contributed by atoms with van der Waals surface area (Å²) in [5, 5.41) is 0. The SMILES string of the molecule is CC(C)(C)OC(=O)N1CCC2=C(C1)C(=O)N(Cc1ccccc1)C1=NCCN12. The molecule has 3 aliphatic rings. The van der Waals surface area contributed by atoms with E-state index in [4.69, 9.17) is 4.74 Å². The maximum atomic E-state index is 13.3. The fraction of sp³-hybridized carbons (Fsp3) is 0.476. The van der Waals surface area contributed by atoms with Gasteiger partial charge in [0, 0.05) is 25.2 Å². The first-order valence-electron chi connectivity index (χ1n) is 9.71. The van der Waals surface area contributed by atoms with E-state index >= 15 is 0 Å². The van der Waals surface area contributed by atoms with Gasteiger partial charge in [-0.05, 0) is 26.3 Å². The highest BCUT2D eigenvalue weighted by Crippen LogP contribution is 2.32. The van der Waals surface area contributed by atoms with Crippen LogP contribution in [-0.4, -0.2) is 64.4 Å². The van der Waals surface area contributed by atoms with Crippen LogP contribution in [0.25, 0.3) is 0 Å². The van der Waals surface area contributed by atoms with Crippen molar-refractivity contribution < 1.29 is 14.3 Å². The number of carbonyl (C=O) groups excluding carboxylic acids is 2. The maximum absolute atomic E-state index is 13.3. The van der Waals surface area contributed by atoms with Crippen molar-refractivity contribution in [2.75, 3.05) is 26.2 Å². The van der Waals surface area contributed by atoms with E-state index in [2.05, 4.69) is 9.89 Å². The van der Waals surface area contributed by atoms with Crippen LogP contribution in [0, 0.1) is 0 Å². The summed E-state index contributed by atoms with van der Waals surface area (Å²) in [6.07, 6.45) is 0.265. The number of nitrogens with zero attached hydrogens (tertiary/aromatic N) is 4. The molecule has 3 aliphatic heterocycles. The number of carbonyl (C=O) groups is 2. The Labute approximate surface area is 165 Å². The van der Waals surface area contributed by atoms with Gasteiger partial charge in [-0.25, -0.2) is 4.79 Å². The first-order valence-corrected chi connectivity index (χ1v) is 9.71. The summed E-state index contributed by atoms with van der Waals surface area (Å²) in [5.41, 5.74) is 2.17. The van der Waals surface area contributed by atoms with Gasteiger partial charge >= 0.3 is 6.09 Å². The van der Waals surface area contributed by atoms with E-state index in [9.17, 15) is 9.59 Å². The van der Waals surface area contributed by atoms with Gasteiger partial charge in [-0.15, -0.1) is 0 Å². The van der Waals surface area contributed by atoms with E-state index in [1.165, 1.54) is 0 Å². The van der Waals surface area contributed by atoms with Crippen molar-refractivity contribution in [2.45, 2.75) is 39.3 Å². The number of rotatable bonds is 2. The summed E-state index contributed by atoms with van der Waals surface area (Å²) in [6, 6.07) is 9.90. The molecule has 7 heteroatoms. The van der Waals surface area contributed by atoms with E-state index < -0.39 is 5.60 Å². The standard InChI is InChI=1S/C21H26N4O3/c1-21(2,3)28-20(27)23-11-9-17-16(14-23)18(26)25(19-22-10-12-24(17)19)13-15-7-5-4-6-8-15/h4-8H,9-14H2,1-3H3. The summed E-state index contributed by atoms with van der Waals surface area (Å²) in [5.74, 6) is 0.669. The molecule has 0 saturated carbocycles. The number of benzene rings is 1. The predicted molar refractivity (Wildman–Crippen MR) is 105 cm³/mol. The van der Waals surface area contributed by atoms with Crippen molar-refractivity contribution in [3.8, 4) is 0 Å². The largest absolute Gasteiger partial charge is 0.444 e. The molecule has 0 aromatic heterocycles. The number of hydrogen-bond acceptors (Lipinski definition) is 5. The third kappa shape index (κ3) is 3.48. The van der Waals surface area contributed by atoms with E-state index in [1.807, 2.05) is 51.1 Å². The van der Waals surface area contributed by atoms with E-state index in [0.717, 1.165) is 23.8 Å². The Morgan fingerprint density at radius 3 is 2.64 bits per heavy atom. The predicted octanol–water partition coefficient (Wildman–Crippen LogP) is 2.60. The molecule has 1 aromatic rings. The summed E-state index contributed by atoms with van der Waals surface area (Å²) < 4.78 is 5.50. The lowest BCUT2D eigenvalue weighted by atomic mass is 10.0. The molecule has 0 aliphatic carbocycles. The minimum atomic E-state index is -0.559. The first-order chi connectivity index (χ1) is 13.3. The molecule has 28 heavy (non-hydrogen) atoms. The highest BCUT2D eigenvalue weighted by molar-refractivity contribution is 6.10. The molecule has 3 heterocycles. The quantitative estimate of drug-likeness (QED) is 0.789. The fourth-order valence-electron chi connectivity index (χ4n) is 3.81. The van der Waals surface area contributed by atoms with Gasteiger partial charge in [0.1, 0.15) is 5.60 Å². The Hall–Kier alpha value is -2.83. The van der Waals surface area contributed by atoms with Crippen LogP contribution in [-0.2, 0) is 16.1 Å². The van der Waals surface area contributed by atoms with Crippen molar-refractivity contribution in [3.63, 3.8) is 0 Å². The zero-order chi connectivity index (χ0) is 19.9. The smallest absolute Gasteiger partial charge is 0.410 e. The molecule has 148 valence electrons. The third-order valence-electron chi connectivity index (χ3n) is 5.04.